The molecule has 2 unspecified atom stereocenters. The maximum absolute atomic E-state index is 11.4. The van der Waals surface area contributed by atoms with Crippen LogP contribution in [0.2, 0.25) is 0 Å². The van der Waals surface area contributed by atoms with Crippen LogP contribution in [-0.2, 0) is 9.36 Å². The molecule has 2 atom stereocenters. The molecule has 1 heterocycles. The number of carbonyl (C=O) groups excluding carboxylic acids is 1. The summed E-state index contributed by atoms with van der Waals surface area (Å²) in [5, 5.41) is -0.00797. The van der Waals surface area contributed by atoms with Gasteiger partial charge in [-0.2, -0.15) is 0 Å². The van der Waals surface area contributed by atoms with Crippen LogP contribution >= 0.6 is 53.5 Å². The number of hydrogen-bond acceptors (Lipinski definition) is 6. The van der Waals surface area contributed by atoms with Crippen molar-refractivity contribution in [1.82, 2.24) is 0 Å². The van der Waals surface area contributed by atoms with Gasteiger partial charge in [0.05, 0.1) is 9.16 Å². The van der Waals surface area contributed by atoms with Crippen molar-refractivity contribution in [3.8, 4) is 0 Å². The van der Waals surface area contributed by atoms with E-state index in [0.717, 1.165) is 5.75 Å². The van der Waals surface area contributed by atoms with Crippen LogP contribution in [0.4, 0.5) is 0 Å². The van der Waals surface area contributed by atoms with Gasteiger partial charge in [-0.25, -0.2) is 4.57 Å². The normalized spacial score (nSPS) is 24.9. The van der Waals surface area contributed by atoms with Crippen LogP contribution in [-0.4, -0.2) is 35.6 Å². The lowest BCUT2D eigenvalue weighted by Crippen LogP contribution is -2.02. The van der Waals surface area contributed by atoms with Gasteiger partial charge >= 0.3 is 6.80 Å². The predicted octanol–water partition coefficient (Wildman–Crippen LogP) is 2.78. The fourth-order valence-corrected chi connectivity index (χ4v) is 8.28. The lowest BCUT2D eigenvalue weighted by molar-refractivity contribution is -0.107. The van der Waals surface area contributed by atoms with E-state index in [1.165, 1.54) is 11.8 Å². The first-order valence-electron chi connectivity index (χ1n) is 4.61. The zero-order chi connectivity index (χ0) is 13.1. The standard InChI is InChI=1S/C8H13O4PS4/c1-5(2)8(9)17-7-3-14-6(16-7)4-15-13(10,11)12/h6-7H,1,3-4H2,2H3,(H2,10,11,12). The Morgan fingerprint density at radius 3 is 2.76 bits per heavy atom. The third-order valence-electron chi connectivity index (χ3n) is 1.69. The van der Waals surface area contributed by atoms with E-state index in [4.69, 9.17) is 9.79 Å². The summed E-state index contributed by atoms with van der Waals surface area (Å²) in [6.45, 7) is 1.30. The van der Waals surface area contributed by atoms with E-state index in [1.54, 1.807) is 30.4 Å². The molecule has 1 aliphatic heterocycles. The van der Waals surface area contributed by atoms with Crippen molar-refractivity contribution < 1.29 is 19.1 Å². The molecule has 98 valence electrons. The average molecular weight is 332 g/mol. The number of rotatable bonds is 5. The van der Waals surface area contributed by atoms with E-state index in [9.17, 15) is 9.36 Å². The zero-order valence-electron chi connectivity index (χ0n) is 9.07. The Morgan fingerprint density at radius 1 is 1.59 bits per heavy atom. The Balaban J connectivity index is 2.30. The van der Waals surface area contributed by atoms with E-state index in [2.05, 4.69) is 6.58 Å². The molecule has 0 aromatic rings. The van der Waals surface area contributed by atoms with E-state index in [1.807, 2.05) is 0 Å². The fraction of sp³-hybridized carbons (Fsp3) is 0.625. The predicted molar refractivity (Wildman–Crippen MR) is 79.5 cm³/mol. The maximum Gasteiger partial charge on any atom is 0.384 e. The highest BCUT2D eigenvalue weighted by atomic mass is 32.7. The van der Waals surface area contributed by atoms with Gasteiger partial charge in [0.1, 0.15) is 0 Å². The lowest BCUT2D eigenvalue weighted by Gasteiger charge is -2.09. The molecule has 0 saturated carbocycles. The summed E-state index contributed by atoms with van der Waals surface area (Å²) in [5.74, 6) is 1.22. The van der Waals surface area contributed by atoms with Crippen LogP contribution < -0.4 is 0 Å². The monoisotopic (exact) mass is 332 g/mol. The zero-order valence-corrected chi connectivity index (χ0v) is 13.2. The molecule has 1 aliphatic rings. The molecule has 0 aliphatic carbocycles. The first-order chi connectivity index (χ1) is 7.78. The summed E-state index contributed by atoms with van der Waals surface area (Å²) in [5.41, 5.74) is 0.536. The van der Waals surface area contributed by atoms with Gasteiger partial charge in [-0.15, -0.1) is 23.5 Å². The second kappa shape index (κ2) is 6.93. The molecule has 17 heavy (non-hydrogen) atoms. The molecule has 0 aromatic carbocycles. The SMILES string of the molecule is C=C(C)C(=O)SC1CSC(CSP(=O)(O)O)S1. The quantitative estimate of drug-likeness (QED) is 0.588. The van der Waals surface area contributed by atoms with Crippen LogP contribution in [0.25, 0.3) is 0 Å². The van der Waals surface area contributed by atoms with Crippen molar-refractivity contribution in [3.63, 3.8) is 0 Å². The summed E-state index contributed by atoms with van der Waals surface area (Å²) in [4.78, 5) is 28.9. The van der Waals surface area contributed by atoms with Crippen molar-refractivity contribution >= 4 is 58.6 Å². The molecule has 1 rings (SSSR count). The van der Waals surface area contributed by atoms with Gasteiger partial charge in [0, 0.05) is 11.5 Å². The highest BCUT2D eigenvalue weighted by molar-refractivity contribution is 8.54. The van der Waals surface area contributed by atoms with Crippen molar-refractivity contribution in [2.24, 2.45) is 0 Å². The molecule has 9 heteroatoms. The van der Waals surface area contributed by atoms with Crippen LogP contribution in [0.1, 0.15) is 6.92 Å². The van der Waals surface area contributed by atoms with E-state index in [0.29, 0.717) is 22.7 Å². The van der Waals surface area contributed by atoms with Gasteiger partial charge < -0.3 is 9.79 Å². The summed E-state index contributed by atoms with van der Waals surface area (Å²) in [6, 6.07) is 0. The lowest BCUT2D eigenvalue weighted by atomic mass is 10.4. The van der Waals surface area contributed by atoms with Gasteiger partial charge in [-0.3, -0.25) is 4.79 Å². The number of carbonyl (C=O) groups is 1. The van der Waals surface area contributed by atoms with Gasteiger partial charge in [-0.05, 0) is 23.9 Å². The highest BCUT2D eigenvalue weighted by Crippen LogP contribution is 2.54. The largest absolute Gasteiger partial charge is 0.384 e. The third kappa shape index (κ3) is 6.61. The molecule has 1 saturated heterocycles. The fourth-order valence-electron chi connectivity index (χ4n) is 0.961. The van der Waals surface area contributed by atoms with Crippen LogP contribution in [0.3, 0.4) is 0 Å². The average Bonchev–Trinajstić information content (AvgIpc) is 2.61. The Hall–Kier alpha value is 0.960. The Kier molecular flexibility index (Phi) is 6.53. The molecular weight excluding hydrogens is 319 g/mol. The minimum Gasteiger partial charge on any atom is -0.317 e. The third-order valence-corrected chi connectivity index (χ3v) is 9.17. The van der Waals surface area contributed by atoms with Crippen molar-refractivity contribution in [3.05, 3.63) is 12.2 Å². The first kappa shape index (κ1) is 16.0. The van der Waals surface area contributed by atoms with Gasteiger partial charge in [0.2, 0.25) is 5.12 Å². The van der Waals surface area contributed by atoms with Gasteiger partial charge in [0.15, 0.2) is 0 Å². The Morgan fingerprint density at radius 2 is 2.24 bits per heavy atom. The molecule has 0 amide bonds. The molecule has 0 radical (unpaired) electrons. The molecule has 0 bridgehead atoms. The molecule has 1 fully saturated rings. The van der Waals surface area contributed by atoms with Crippen LogP contribution in [0.5, 0.6) is 0 Å². The van der Waals surface area contributed by atoms with Crippen LogP contribution in [0, 0.1) is 0 Å². The molecule has 0 aromatic heterocycles. The minimum absolute atomic E-state index is 0.00797. The van der Waals surface area contributed by atoms with Gasteiger partial charge in [-0.1, -0.05) is 18.3 Å². The van der Waals surface area contributed by atoms with E-state index in [-0.39, 0.29) is 14.3 Å². The Labute approximate surface area is 117 Å². The van der Waals surface area contributed by atoms with Crippen molar-refractivity contribution in [2.45, 2.75) is 16.1 Å². The molecular formula is C8H13O4PS4. The second-order valence-corrected chi connectivity index (χ2v) is 11.5. The summed E-state index contributed by atoms with van der Waals surface area (Å²) >= 11 is 5.16. The Bertz CT molecular complexity index is 355. The van der Waals surface area contributed by atoms with Crippen molar-refractivity contribution in [2.75, 3.05) is 11.5 Å². The summed E-state index contributed by atoms with van der Waals surface area (Å²) < 4.78 is 11.0. The van der Waals surface area contributed by atoms with Crippen molar-refractivity contribution in [1.29, 1.82) is 0 Å². The number of hydrogen-bond donors (Lipinski definition) is 2. The summed E-state index contributed by atoms with van der Waals surface area (Å²) in [6.07, 6.45) is 0. The van der Waals surface area contributed by atoms with E-state index < -0.39 is 6.80 Å². The molecule has 2 N–H and O–H groups in total. The number of thioether (sulfide) groups is 3. The van der Waals surface area contributed by atoms with Crippen LogP contribution in [0.15, 0.2) is 12.2 Å². The topological polar surface area (TPSA) is 74.6 Å². The maximum atomic E-state index is 11.4. The molecule has 4 nitrogen and oxygen atoms in total. The second-order valence-electron chi connectivity index (χ2n) is 3.30. The van der Waals surface area contributed by atoms with Gasteiger partial charge in [0.25, 0.3) is 0 Å². The molecule has 0 spiro atoms. The smallest absolute Gasteiger partial charge is 0.317 e. The van der Waals surface area contributed by atoms with E-state index >= 15 is 0 Å². The minimum atomic E-state index is -3.98. The first-order valence-corrected chi connectivity index (χ1v) is 10.7. The highest BCUT2D eigenvalue weighted by Gasteiger charge is 2.30. The summed E-state index contributed by atoms with van der Waals surface area (Å²) in [7, 11) is 0.